The molecule has 0 aromatic rings. The van der Waals surface area contributed by atoms with Crippen molar-refractivity contribution in [3.8, 4) is 0 Å². The smallest absolute Gasteiger partial charge is 0.312 e. The van der Waals surface area contributed by atoms with Crippen LogP contribution in [0.5, 0.6) is 0 Å². The number of unbranched alkanes of at least 4 members (excludes halogenated alkanes) is 1. The quantitative estimate of drug-likeness (QED) is 0.283. The Balaban J connectivity index is 4.02. The van der Waals surface area contributed by atoms with Crippen LogP contribution in [0.3, 0.4) is 0 Å². The third-order valence-electron chi connectivity index (χ3n) is 3.10. The van der Waals surface area contributed by atoms with Crippen molar-refractivity contribution in [2.24, 2.45) is 11.5 Å². The van der Waals surface area contributed by atoms with Crippen LogP contribution in [0.25, 0.3) is 0 Å². The fourth-order valence-electron chi connectivity index (χ4n) is 1.84. The molecule has 0 aromatic heterocycles. The van der Waals surface area contributed by atoms with E-state index < -0.39 is 18.0 Å². The van der Waals surface area contributed by atoms with Crippen LogP contribution in [0.1, 0.15) is 39.0 Å². The Bertz CT molecular complexity index is 414. The van der Waals surface area contributed by atoms with Crippen LogP contribution >= 0.6 is 0 Å². The van der Waals surface area contributed by atoms with E-state index in [0.717, 1.165) is 6.42 Å². The van der Waals surface area contributed by atoms with Crippen LogP contribution in [-0.2, 0) is 14.4 Å². The highest BCUT2D eigenvalue weighted by Crippen LogP contribution is 1.98. The number of nitrogens with two attached hydrogens (primary N) is 2. The number of carbonyl (C=O) groups excluding carboxylic acids is 4. The first-order valence-corrected chi connectivity index (χ1v) is 7.66. The minimum Gasteiger partial charge on any atom is -0.352 e. The van der Waals surface area contributed by atoms with Crippen molar-refractivity contribution in [3.63, 3.8) is 0 Å². The van der Waals surface area contributed by atoms with E-state index in [0.29, 0.717) is 38.8 Å². The maximum atomic E-state index is 11.7. The van der Waals surface area contributed by atoms with E-state index in [1.54, 1.807) is 0 Å². The van der Waals surface area contributed by atoms with Gasteiger partial charge < -0.3 is 27.4 Å². The molecule has 1 unspecified atom stereocenters. The molecular formula is C14H27N5O4. The highest BCUT2D eigenvalue weighted by atomic mass is 16.2. The number of amides is 4. The number of rotatable bonds is 12. The number of nitrogens with one attached hydrogen (secondary N) is 3. The highest BCUT2D eigenvalue weighted by Gasteiger charge is 2.17. The Morgan fingerprint density at radius 1 is 1.00 bits per heavy atom. The molecule has 0 saturated carbocycles. The summed E-state index contributed by atoms with van der Waals surface area (Å²) in [6.07, 6.45) is 2.63. The van der Waals surface area contributed by atoms with E-state index in [2.05, 4.69) is 16.0 Å². The van der Waals surface area contributed by atoms with Crippen molar-refractivity contribution >= 4 is 23.6 Å². The van der Waals surface area contributed by atoms with Gasteiger partial charge in [0.1, 0.15) is 0 Å². The Kier molecular flexibility index (Phi) is 11.2. The lowest BCUT2D eigenvalue weighted by atomic mass is 10.1. The van der Waals surface area contributed by atoms with Gasteiger partial charge in [0, 0.05) is 13.0 Å². The SMILES string of the molecule is CC(=O)C(CCCNC(N)=O)NC(=O)CNC(=O)CCCCN. The second kappa shape index (κ2) is 12.4. The van der Waals surface area contributed by atoms with E-state index in [4.69, 9.17) is 11.5 Å². The summed E-state index contributed by atoms with van der Waals surface area (Å²) in [5.41, 5.74) is 10.3. The standard InChI is InChI=1S/C14H27N5O4/c1-10(20)11(5-4-8-17-14(16)23)19-13(22)9-18-12(21)6-2-3-7-15/h11H,2-9,15H2,1H3,(H,18,21)(H,19,22)(H3,16,17,23). The monoisotopic (exact) mass is 329 g/mol. The van der Waals surface area contributed by atoms with Gasteiger partial charge in [0.05, 0.1) is 12.6 Å². The average Bonchev–Trinajstić information content (AvgIpc) is 2.48. The predicted octanol–water partition coefficient (Wildman–Crippen LogP) is -1.25. The van der Waals surface area contributed by atoms with Crippen molar-refractivity contribution in [3.05, 3.63) is 0 Å². The molecule has 0 aliphatic rings. The lowest BCUT2D eigenvalue weighted by molar-refractivity contribution is -0.128. The minimum atomic E-state index is -0.647. The summed E-state index contributed by atoms with van der Waals surface area (Å²) in [5.74, 6) is -0.842. The zero-order valence-electron chi connectivity index (χ0n) is 13.5. The molecule has 0 heterocycles. The number of Topliss-reactive ketones (excluding diaryl/α,β-unsaturated/α-hetero) is 1. The van der Waals surface area contributed by atoms with E-state index in [-0.39, 0.29) is 18.2 Å². The van der Waals surface area contributed by atoms with Gasteiger partial charge >= 0.3 is 6.03 Å². The average molecular weight is 329 g/mol. The molecule has 0 saturated heterocycles. The second-order valence-electron chi connectivity index (χ2n) is 5.19. The maximum absolute atomic E-state index is 11.7. The Hall–Kier alpha value is -2.16. The van der Waals surface area contributed by atoms with Crippen LogP contribution in [-0.4, -0.2) is 49.3 Å². The van der Waals surface area contributed by atoms with Gasteiger partial charge in [-0.25, -0.2) is 4.79 Å². The third kappa shape index (κ3) is 12.1. The zero-order valence-corrected chi connectivity index (χ0v) is 13.5. The van der Waals surface area contributed by atoms with Crippen molar-refractivity contribution < 1.29 is 19.2 Å². The van der Waals surface area contributed by atoms with Crippen molar-refractivity contribution in [2.75, 3.05) is 19.6 Å². The van der Waals surface area contributed by atoms with Gasteiger partial charge in [0.2, 0.25) is 11.8 Å². The first kappa shape index (κ1) is 20.8. The summed E-state index contributed by atoms with van der Waals surface area (Å²) in [4.78, 5) is 45.2. The van der Waals surface area contributed by atoms with Crippen LogP contribution in [0, 0.1) is 0 Å². The Labute approximate surface area is 135 Å². The first-order chi connectivity index (χ1) is 10.9. The van der Waals surface area contributed by atoms with Gasteiger partial charge in [-0.15, -0.1) is 0 Å². The number of urea groups is 1. The highest BCUT2D eigenvalue weighted by molar-refractivity contribution is 5.89. The van der Waals surface area contributed by atoms with Crippen LogP contribution in [0.15, 0.2) is 0 Å². The molecule has 0 spiro atoms. The Morgan fingerprint density at radius 3 is 2.26 bits per heavy atom. The summed E-state index contributed by atoms with van der Waals surface area (Å²) in [7, 11) is 0. The summed E-state index contributed by atoms with van der Waals surface area (Å²) in [6.45, 7) is 2.05. The first-order valence-electron chi connectivity index (χ1n) is 7.66. The van der Waals surface area contributed by atoms with Gasteiger partial charge in [-0.1, -0.05) is 0 Å². The van der Waals surface area contributed by atoms with Gasteiger partial charge in [0.15, 0.2) is 5.78 Å². The number of ketones is 1. The predicted molar refractivity (Wildman–Crippen MR) is 85.3 cm³/mol. The maximum Gasteiger partial charge on any atom is 0.312 e. The Morgan fingerprint density at radius 2 is 1.70 bits per heavy atom. The summed E-state index contributed by atoms with van der Waals surface area (Å²) in [5, 5.41) is 7.46. The van der Waals surface area contributed by atoms with Crippen molar-refractivity contribution in [2.45, 2.75) is 45.1 Å². The molecule has 0 aliphatic carbocycles. The summed E-state index contributed by atoms with van der Waals surface area (Å²) < 4.78 is 0. The molecule has 9 nitrogen and oxygen atoms in total. The largest absolute Gasteiger partial charge is 0.352 e. The number of hydrogen-bond acceptors (Lipinski definition) is 5. The zero-order chi connectivity index (χ0) is 17.7. The van der Waals surface area contributed by atoms with Crippen LogP contribution in [0.4, 0.5) is 4.79 Å². The molecule has 0 rings (SSSR count). The third-order valence-corrected chi connectivity index (χ3v) is 3.10. The molecule has 7 N–H and O–H groups in total. The normalized spacial score (nSPS) is 11.4. The molecule has 0 fully saturated rings. The van der Waals surface area contributed by atoms with E-state index >= 15 is 0 Å². The van der Waals surface area contributed by atoms with Crippen LogP contribution < -0.4 is 27.4 Å². The van der Waals surface area contributed by atoms with E-state index in [9.17, 15) is 19.2 Å². The van der Waals surface area contributed by atoms with E-state index in [1.165, 1.54) is 6.92 Å². The molecule has 0 bridgehead atoms. The second-order valence-corrected chi connectivity index (χ2v) is 5.19. The molecule has 0 aromatic carbocycles. The van der Waals surface area contributed by atoms with Crippen molar-refractivity contribution in [1.82, 2.24) is 16.0 Å². The molecule has 0 aliphatic heterocycles. The van der Waals surface area contributed by atoms with Gasteiger partial charge in [-0.05, 0) is 39.2 Å². The lowest BCUT2D eigenvalue weighted by Crippen LogP contribution is -2.45. The number of primary amides is 1. The molecule has 0 radical (unpaired) electrons. The van der Waals surface area contributed by atoms with E-state index in [1.807, 2.05) is 0 Å². The number of carbonyl (C=O) groups is 4. The van der Waals surface area contributed by atoms with Gasteiger partial charge in [-0.3, -0.25) is 14.4 Å². The molecule has 132 valence electrons. The van der Waals surface area contributed by atoms with Gasteiger partial charge in [0.25, 0.3) is 0 Å². The molecule has 23 heavy (non-hydrogen) atoms. The molecular weight excluding hydrogens is 302 g/mol. The molecule has 9 heteroatoms. The number of hydrogen-bond donors (Lipinski definition) is 5. The lowest BCUT2D eigenvalue weighted by Gasteiger charge is -2.16. The summed E-state index contributed by atoms with van der Waals surface area (Å²) in [6, 6.07) is -1.28. The minimum absolute atomic E-state index is 0.176. The van der Waals surface area contributed by atoms with Gasteiger partial charge in [-0.2, -0.15) is 0 Å². The summed E-state index contributed by atoms with van der Waals surface area (Å²) >= 11 is 0. The fraction of sp³-hybridized carbons (Fsp3) is 0.714. The molecule has 1 atom stereocenters. The van der Waals surface area contributed by atoms with Crippen LogP contribution in [0.2, 0.25) is 0 Å². The fourth-order valence-corrected chi connectivity index (χ4v) is 1.84. The topological polar surface area (TPSA) is 156 Å². The van der Waals surface area contributed by atoms with Crippen molar-refractivity contribution in [1.29, 1.82) is 0 Å². The molecule has 4 amide bonds.